The summed E-state index contributed by atoms with van der Waals surface area (Å²) in [5.74, 6) is -0.292. The predicted octanol–water partition coefficient (Wildman–Crippen LogP) is 3.75. The summed E-state index contributed by atoms with van der Waals surface area (Å²) in [7, 11) is 1.87. The molecule has 0 N–H and O–H groups in total. The van der Waals surface area contributed by atoms with Crippen LogP contribution < -0.4 is 0 Å². The number of carbonyl (C=O) groups is 1. The summed E-state index contributed by atoms with van der Waals surface area (Å²) in [6, 6.07) is 6.69. The van der Waals surface area contributed by atoms with Gasteiger partial charge in [0.25, 0.3) is 5.91 Å². The number of aryl methyl sites for hydroxylation is 1. The van der Waals surface area contributed by atoms with E-state index in [-0.39, 0.29) is 17.8 Å². The number of likely N-dealkylation sites (tertiary alicyclic amines) is 1. The van der Waals surface area contributed by atoms with Crippen molar-refractivity contribution in [2.45, 2.75) is 18.9 Å². The molecule has 4 rings (SSSR count). The quantitative estimate of drug-likeness (QED) is 0.718. The lowest BCUT2D eigenvalue weighted by atomic mass is 10.1. The SMILES string of the molecule is Cn1cc([C@H]2CCCN2C(=O)c2cc3c(F)cccc3s2)cn1. The first-order valence-corrected chi connectivity index (χ1v) is 8.43. The maximum atomic E-state index is 13.9. The van der Waals surface area contributed by atoms with E-state index in [0.29, 0.717) is 10.3 Å². The number of carbonyl (C=O) groups excluding carboxylic acids is 1. The predicted molar refractivity (Wildman–Crippen MR) is 88.0 cm³/mol. The number of hydrogen-bond acceptors (Lipinski definition) is 3. The third-order valence-corrected chi connectivity index (χ3v) is 5.43. The second-order valence-corrected chi connectivity index (χ2v) is 6.95. The molecular formula is C17H16FN3OS. The molecule has 2 aromatic heterocycles. The summed E-state index contributed by atoms with van der Waals surface area (Å²) in [4.78, 5) is 15.4. The average Bonchev–Trinajstić information content (AvgIpc) is 3.24. The molecule has 23 heavy (non-hydrogen) atoms. The van der Waals surface area contributed by atoms with E-state index in [4.69, 9.17) is 0 Å². The Morgan fingerprint density at radius 2 is 2.30 bits per heavy atom. The van der Waals surface area contributed by atoms with Crippen LogP contribution in [0.5, 0.6) is 0 Å². The Bertz CT molecular complexity index is 885. The Morgan fingerprint density at radius 3 is 3.04 bits per heavy atom. The number of amides is 1. The highest BCUT2D eigenvalue weighted by Gasteiger charge is 2.32. The maximum Gasteiger partial charge on any atom is 0.264 e. The van der Waals surface area contributed by atoms with Crippen LogP contribution in [0.15, 0.2) is 36.7 Å². The number of thiophene rings is 1. The lowest BCUT2D eigenvalue weighted by Crippen LogP contribution is -2.29. The lowest BCUT2D eigenvalue weighted by Gasteiger charge is -2.23. The van der Waals surface area contributed by atoms with Gasteiger partial charge in [0.1, 0.15) is 5.82 Å². The molecule has 6 heteroatoms. The van der Waals surface area contributed by atoms with Gasteiger partial charge in [-0.2, -0.15) is 5.10 Å². The topological polar surface area (TPSA) is 38.1 Å². The highest BCUT2D eigenvalue weighted by molar-refractivity contribution is 7.20. The smallest absolute Gasteiger partial charge is 0.264 e. The van der Waals surface area contributed by atoms with E-state index in [0.717, 1.165) is 29.6 Å². The standard InChI is InChI=1S/C17H16FN3OS/c1-20-10-11(9-19-20)14-5-3-7-21(14)17(22)16-8-12-13(18)4-2-6-15(12)23-16/h2,4,6,8-10,14H,3,5,7H2,1H3/t14-/m1/s1. The van der Waals surface area contributed by atoms with Crippen LogP contribution in [-0.2, 0) is 7.05 Å². The minimum absolute atomic E-state index is 0.0167. The van der Waals surface area contributed by atoms with Gasteiger partial charge in [-0.15, -0.1) is 11.3 Å². The van der Waals surface area contributed by atoms with Crippen molar-refractivity contribution in [1.29, 1.82) is 0 Å². The monoisotopic (exact) mass is 329 g/mol. The van der Waals surface area contributed by atoms with E-state index in [9.17, 15) is 9.18 Å². The van der Waals surface area contributed by atoms with Crippen LogP contribution in [0, 0.1) is 5.82 Å². The van der Waals surface area contributed by atoms with Gasteiger partial charge in [0, 0.05) is 35.4 Å². The Hall–Kier alpha value is -2.21. The van der Waals surface area contributed by atoms with Crippen LogP contribution in [0.25, 0.3) is 10.1 Å². The normalized spacial score (nSPS) is 18.0. The highest BCUT2D eigenvalue weighted by atomic mass is 32.1. The molecule has 1 atom stereocenters. The fourth-order valence-electron chi connectivity index (χ4n) is 3.24. The number of nitrogens with zero attached hydrogens (tertiary/aromatic N) is 3. The summed E-state index contributed by atoms with van der Waals surface area (Å²) in [5.41, 5.74) is 1.06. The zero-order chi connectivity index (χ0) is 16.0. The molecule has 1 fully saturated rings. The Kier molecular flexibility index (Phi) is 3.41. The summed E-state index contributed by atoms with van der Waals surface area (Å²) < 4.78 is 16.4. The number of halogens is 1. The highest BCUT2D eigenvalue weighted by Crippen LogP contribution is 2.35. The number of aromatic nitrogens is 2. The maximum absolute atomic E-state index is 13.9. The van der Waals surface area contributed by atoms with Gasteiger partial charge in [-0.05, 0) is 31.0 Å². The van der Waals surface area contributed by atoms with Crippen molar-refractivity contribution in [3.63, 3.8) is 0 Å². The zero-order valence-electron chi connectivity index (χ0n) is 12.7. The number of fused-ring (bicyclic) bond motifs is 1. The summed E-state index contributed by atoms with van der Waals surface area (Å²) in [6.07, 6.45) is 5.70. The van der Waals surface area contributed by atoms with Gasteiger partial charge < -0.3 is 4.90 Å². The molecule has 3 aromatic rings. The molecule has 0 spiro atoms. The Morgan fingerprint density at radius 1 is 1.43 bits per heavy atom. The molecule has 4 nitrogen and oxygen atoms in total. The molecule has 0 aliphatic carbocycles. The summed E-state index contributed by atoms with van der Waals surface area (Å²) >= 11 is 1.36. The van der Waals surface area contributed by atoms with E-state index >= 15 is 0 Å². The molecule has 0 radical (unpaired) electrons. The molecular weight excluding hydrogens is 313 g/mol. The van der Waals surface area contributed by atoms with E-state index in [2.05, 4.69) is 5.10 Å². The minimum atomic E-state index is -0.275. The third kappa shape index (κ3) is 2.43. The van der Waals surface area contributed by atoms with Gasteiger partial charge >= 0.3 is 0 Å². The van der Waals surface area contributed by atoms with Crippen molar-refractivity contribution in [2.75, 3.05) is 6.54 Å². The molecule has 0 unspecified atom stereocenters. The van der Waals surface area contributed by atoms with Crippen LogP contribution in [0.3, 0.4) is 0 Å². The third-order valence-electron chi connectivity index (χ3n) is 4.34. The van der Waals surface area contributed by atoms with Gasteiger partial charge in [0.05, 0.1) is 17.1 Å². The van der Waals surface area contributed by atoms with Crippen LogP contribution in [0.2, 0.25) is 0 Å². The van der Waals surface area contributed by atoms with Gasteiger partial charge in [0.2, 0.25) is 0 Å². The van der Waals surface area contributed by atoms with Crippen LogP contribution in [0.4, 0.5) is 4.39 Å². The van der Waals surface area contributed by atoms with Crippen LogP contribution in [0.1, 0.15) is 34.1 Å². The molecule has 1 aliphatic rings. The molecule has 1 aromatic carbocycles. The second kappa shape index (κ2) is 5.45. The molecule has 0 bridgehead atoms. The number of benzene rings is 1. The molecule has 1 saturated heterocycles. The Labute approximate surface area is 137 Å². The van der Waals surface area contributed by atoms with Crippen LogP contribution >= 0.6 is 11.3 Å². The first-order chi connectivity index (χ1) is 11.1. The number of rotatable bonds is 2. The van der Waals surface area contributed by atoms with E-state index < -0.39 is 0 Å². The minimum Gasteiger partial charge on any atom is -0.331 e. The molecule has 118 valence electrons. The van der Waals surface area contributed by atoms with Crippen molar-refractivity contribution in [3.8, 4) is 0 Å². The van der Waals surface area contributed by atoms with Crippen molar-refractivity contribution in [1.82, 2.24) is 14.7 Å². The molecule has 3 heterocycles. The van der Waals surface area contributed by atoms with Gasteiger partial charge in [-0.25, -0.2) is 4.39 Å². The van der Waals surface area contributed by atoms with E-state index in [1.165, 1.54) is 17.4 Å². The summed E-state index contributed by atoms with van der Waals surface area (Å²) in [5, 5.41) is 4.73. The first-order valence-electron chi connectivity index (χ1n) is 7.61. The van der Waals surface area contributed by atoms with Gasteiger partial charge in [-0.3, -0.25) is 9.48 Å². The van der Waals surface area contributed by atoms with Crippen molar-refractivity contribution in [2.24, 2.45) is 7.05 Å². The fraction of sp³-hybridized carbons (Fsp3) is 0.294. The van der Waals surface area contributed by atoms with Crippen molar-refractivity contribution < 1.29 is 9.18 Å². The van der Waals surface area contributed by atoms with Crippen molar-refractivity contribution >= 4 is 27.3 Å². The largest absolute Gasteiger partial charge is 0.331 e. The van der Waals surface area contributed by atoms with Gasteiger partial charge in [-0.1, -0.05) is 6.07 Å². The zero-order valence-corrected chi connectivity index (χ0v) is 13.5. The van der Waals surface area contributed by atoms with E-state index in [1.54, 1.807) is 16.8 Å². The van der Waals surface area contributed by atoms with Crippen LogP contribution in [-0.4, -0.2) is 27.1 Å². The average molecular weight is 329 g/mol. The molecule has 1 amide bonds. The fourth-order valence-corrected chi connectivity index (χ4v) is 4.27. The molecule has 1 aliphatic heterocycles. The second-order valence-electron chi connectivity index (χ2n) is 5.87. The first kappa shape index (κ1) is 14.4. The number of hydrogen-bond donors (Lipinski definition) is 0. The summed E-state index contributed by atoms with van der Waals surface area (Å²) in [6.45, 7) is 0.731. The van der Waals surface area contributed by atoms with Crippen molar-refractivity contribution in [3.05, 3.63) is 52.9 Å². The van der Waals surface area contributed by atoms with E-state index in [1.807, 2.05) is 30.4 Å². The Balaban J connectivity index is 1.68. The van der Waals surface area contributed by atoms with Gasteiger partial charge in [0.15, 0.2) is 0 Å². The lowest BCUT2D eigenvalue weighted by molar-refractivity contribution is 0.0740. The molecule has 0 saturated carbocycles.